The Labute approximate surface area is 188 Å². The number of thiophene rings is 1. The summed E-state index contributed by atoms with van der Waals surface area (Å²) in [6.07, 6.45) is 2.11. The normalized spacial score (nSPS) is 17.0. The topological polar surface area (TPSA) is 15.6 Å². The summed E-state index contributed by atoms with van der Waals surface area (Å²) >= 11 is 8.07. The first kappa shape index (κ1) is 20.9. The highest BCUT2D eigenvalue weighted by atomic mass is 35.5. The maximum absolute atomic E-state index is 6.31. The third kappa shape index (κ3) is 4.10. The molecule has 30 heavy (non-hydrogen) atoms. The molecule has 0 saturated carbocycles. The Bertz CT molecular complexity index is 1120. The third-order valence-electron chi connectivity index (χ3n) is 5.34. The molecule has 2 heterocycles. The lowest BCUT2D eigenvalue weighted by atomic mass is 9.94. The van der Waals surface area contributed by atoms with Gasteiger partial charge in [0.05, 0.1) is 0 Å². The zero-order valence-corrected chi connectivity index (χ0v) is 19.7. The first-order valence-electron chi connectivity index (χ1n) is 10.2. The largest absolute Gasteiger partial charge is 0.340 e. The molecule has 154 valence electrons. The fourth-order valence-electron chi connectivity index (χ4n) is 3.96. The quantitative estimate of drug-likeness (QED) is 0.407. The van der Waals surface area contributed by atoms with Crippen molar-refractivity contribution in [2.75, 3.05) is 0 Å². The van der Waals surface area contributed by atoms with Crippen molar-refractivity contribution >= 4 is 34.3 Å². The Morgan fingerprint density at radius 1 is 0.967 bits per heavy atom. The van der Waals surface area contributed by atoms with Crippen LogP contribution in [0.5, 0.6) is 0 Å². The van der Waals surface area contributed by atoms with Gasteiger partial charge in [0.15, 0.2) is 0 Å². The Kier molecular flexibility index (Phi) is 5.61. The first-order valence-corrected chi connectivity index (χ1v) is 11.5. The number of benzene rings is 2. The van der Waals surface area contributed by atoms with E-state index in [0.717, 1.165) is 16.3 Å². The summed E-state index contributed by atoms with van der Waals surface area (Å²) in [6, 6.07) is 19.3. The second-order valence-electron chi connectivity index (χ2n) is 8.78. The van der Waals surface area contributed by atoms with Crippen molar-refractivity contribution in [3.63, 3.8) is 0 Å². The van der Waals surface area contributed by atoms with Crippen molar-refractivity contribution in [3.05, 3.63) is 87.8 Å². The van der Waals surface area contributed by atoms with Crippen LogP contribution >= 0.6 is 22.9 Å². The summed E-state index contributed by atoms with van der Waals surface area (Å²) in [5.41, 5.74) is 6.79. The van der Waals surface area contributed by atoms with Crippen molar-refractivity contribution in [2.24, 2.45) is 4.99 Å². The standard InChI is InChI=1S/C26H27ClN2S/c1-17-14-19(11-12-22(17)27)23-15-18(2)28-25(29(23)26(3,4)5)21-9-6-8-20(16-21)24-10-7-13-30-24/h6-16,25H,1-5H3. The molecule has 0 N–H and O–H groups in total. The Balaban J connectivity index is 1.83. The van der Waals surface area contributed by atoms with Crippen LogP contribution in [-0.4, -0.2) is 16.2 Å². The molecule has 3 aromatic rings. The van der Waals surface area contributed by atoms with E-state index in [4.69, 9.17) is 16.6 Å². The molecular weight excluding hydrogens is 408 g/mol. The van der Waals surface area contributed by atoms with Gasteiger partial charge in [-0.2, -0.15) is 0 Å². The van der Waals surface area contributed by atoms with E-state index in [1.54, 1.807) is 11.3 Å². The van der Waals surface area contributed by atoms with Crippen molar-refractivity contribution in [3.8, 4) is 10.4 Å². The summed E-state index contributed by atoms with van der Waals surface area (Å²) in [4.78, 5) is 8.79. The van der Waals surface area contributed by atoms with E-state index in [0.29, 0.717) is 0 Å². The molecule has 2 nitrogen and oxygen atoms in total. The molecular formula is C26H27ClN2S. The highest BCUT2D eigenvalue weighted by Crippen LogP contribution is 2.41. The average Bonchev–Trinajstić information content (AvgIpc) is 3.23. The van der Waals surface area contributed by atoms with Gasteiger partial charge in [0.25, 0.3) is 0 Å². The molecule has 4 heteroatoms. The molecule has 1 aliphatic rings. The van der Waals surface area contributed by atoms with E-state index in [1.807, 2.05) is 6.07 Å². The lowest BCUT2D eigenvalue weighted by molar-refractivity contribution is 0.163. The summed E-state index contributed by atoms with van der Waals surface area (Å²) < 4.78 is 0. The Morgan fingerprint density at radius 3 is 2.43 bits per heavy atom. The van der Waals surface area contributed by atoms with Crippen LogP contribution in [0.3, 0.4) is 0 Å². The number of aryl methyl sites for hydroxylation is 1. The fourth-order valence-corrected chi connectivity index (χ4v) is 4.80. The molecule has 0 aliphatic carbocycles. The van der Waals surface area contributed by atoms with E-state index < -0.39 is 0 Å². The average molecular weight is 435 g/mol. The Morgan fingerprint density at radius 2 is 1.77 bits per heavy atom. The van der Waals surface area contributed by atoms with Gasteiger partial charge in [0.1, 0.15) is 6.17 Å². The number of hydrogen-bond donors (Lipinski definition) is 0. The van der Waals surface area contributed by atoms with Crippen LogP contribution in [-0.2, 0) is 0 Å². The number of nitrogens with zero attached hydrogens (tertiary/aromatic N) is 2. The molecule has 0 saturated heterocycles. The van der Waals surface area contributed by atoms with Crippen LogP contribution in [0.2, 0.25) is 5.02 Å². The number of halogens is 1. The van der Waals surface area contributed by atoms with E-state index in [-0.39, 0.29) is 11.7 Å². The SMILES string of the molecule is CC1=NC(c2cccc(-c3cccs3)c2)N(C(C)(C)C)C(c2ccc(Cl)c(C)c2)=C1. The molecule has 2 aromatic carbocycles. The minimum atomic E-state index is -0.118. The molecule has 4 rings (SSSR count). The van der Waals surface area contributed by atoms with Crippen LogP contribution in [0.25, 0.3) is 16.1 Å². The minimum Gasteiger partial charge on any atom is -0.340 e. The molecule has 0 spiro atoms. The van der Waals surface area contributed by atoms with E-state index in [2.05, 4.69) is 99.5 Å². The van der Waals surface area contributed by atoms with Gasteiger partial charge in [-0.25, -0.2) is 0 Å². The predicted molar refractivity (Wildman–Crippen MR) is 131 cm³/mol. The number of hydrogen-bond acceptors (Lipinski definition) is 3. The minimum absolute atomic E-state index is 0.0825. The summed E-state index contributed by atoms with van der Waals surface area (Å²) in [6.45, 7) is 10.9. The molecule has 0 bridgehead atoms. The number of allylic oxidation sites excluding steroid dienone is 1. The Hall–Kier alpha value is -2.36. The zero-order valence-electron chi connectivity index (χ0n) is 18.1. The number of aliphatic imine (C=N–C) groups is 1. The van der Waals surface area contributed by atoms with E-state index >= 15 is 0 Å². The van der Waals surface area contributed by atoms with Crippen LogP contribution in [0.4, 0.5) is 0 Å². The molecule has 1 unspecified atom stereocenters. The van der Waals surface area contributed by atoms with Crippen LogP contribution in [0.1, 0.15) is 50.6 Å². The van der Waals surface area contributed by atoms with Crippen LogP contribution in [0, 0.1) is 6.92 Å². The third-order valence-corrected chi connectivity index (χ3v) is 6.69. The van der Waals surface area contributed by atoms with Crippen molar-refractivity contribution in [1.29, 1.82) is 0 Å². The summed E-state index contributed by atoms with van der Waals surface area (Å²) in [5, 5.41) is 2.92. The van der Waals surface area contributed by atoms with Gasteiger partial charge in [-0.05, 0) is 92.6 Å². The highest BCUT2D eigenvalue weighted by molar-refractivity contribution is 7.13. The van der Waals surface area contributed by atoms with Gasteiger partial charge in [-0.3, -0.25) is 4.99 Å². The summed E-state index contributed by atoms with van der Waals surface area (Å²) in [5.74, 6) is 0. The zero-order chi connectivity index (χ0) is 21.5. The van der Waals surface area contributed by atoms with Gasteiger partial charge in [-0.1, -0.05) is 41.9 Å². The van der Waals surface area contributed by atoms with Gasteiger partial charge in [-0.15, -0.1) is 11.3 Å². The molecule has 0 amide bonds. The van der Waals surface area contributed by atoms with Crippen molar-refractivity contribution in [1.82, 2.24) is 4.90 Å². The second-order valence-corrected chi connectivity index (χ2v) is 10.1. The first-order chi connectivity index (χ1) is 14.2. The fraction of sp³-hybridized carbons (Fsp3) is 0.269. The second kappa shape index (κ2) is 8.05. The maximum atomic E-state index is 6.31. The van der Waals surface area contributed by atoms with Crippen LogP contribution < -0.4 is 0 Å². The lowest BCUT2D eigenvalue weighted by Crippen LogP contribution is -2.43. The molecule has 1 aliphatic heterocycles. The molecule has 0 fully saturated rings. The van der Waals surface area contributed by atoms with Gasteiger partial charge in [0.2, 0.25) is 0 Å². The van der Waals surface area contributed by atoms with Gasteiger partial charge < -0.3 is 4.90 Å². The molecule has 0 radical (unpaired) electrons. The van der Waals surface area contributed by atoms with Crippen molar-refractivity contribution in [2.45, 2.75) is 46.3 Å². The van der Waals surface area contributed by atoms with Crippen LogP contribution in [0.15, 0.2) is 71.0 Å². The van der Waals surface area contributed by atoms with Gasteiger partial charge in [0, 0.05) is 26.8 Å². The summed E-state index contributed by atoms with van der Waals surface area (Å²) in [7, 11) is 0. The lowest BCUT2D eigenvalue weighted by Gasteiger charge is -2.45. The highest BCUT2D eigenvalue weighted by Gasteiger charge is 2.34. The number of rotatable bonds is 3. The smallest absolute Gasteiger partial charge is 0.147 e. The maximum Gasteiger partial charge on any atom is 0.147 e. The van der Waals surface area contributed by atoms with Gasteiger partial charge >= 0.3 is 0 Å². The van der Waals surface area contributed by atoms with E-state index in [1.165, 1.54) is 27.3 Å². The molecule has 1 aromatic heterocycles. The predicted octanol–water partition coefficient (Wildman–Crippen LogP) is 7.99. The monoisotopic (exact) mass is 434 g/mol. The van der Waals surface area contributed by atoms with Crippen molar-refractivity contribution < 1.29 is 0 Å². The molecule has 1 atom stereocenters. The van der Waals surface area contributed by atoms with E-state index in [9.17, 15) is 0 Å².